The number of amides is 2. The lowest BCUT2D eigenvalue weighted by molar-refractivity contribution is -0.119. The molecule has 1 rings (SSSR count). The normalized spacial score (nSPS) is 14.1. The lowest BCUT2D eigenvalue weighted by Crippen LogP contribution is -2.42. The molecule has 0 saturated heterocycles. The summed E-state index contributed by atoms with van der Waals surface area (Å²) in [6, 6.07) is 6.64. The molecule has 0 aliphatic rings. The van der Waals surface area contributed by atoms with Gasteiger partial charge in [-0.15, -0.1) is 0 Å². The van der Waals surface area contributed by atoms with Crippen molar-refractivity contribution in [2.24, 2.45) is 11.7 Å². The highest BCUT2D eigenvalue weighted by Crippen LogP contribution is 2.14. The summed E-state index contributed by atoms with van der Waals surface area (Å²) in [6.45, 7) is 9.57. The van der Waals surface area contributed by atoms with Crippen LogP contribution in [0.25, 0.3) is 0 Å². The third-order valence-electron chi connectivity index (χ3n) is 3.95. The summed E-state index contributed by atoms with van der Waals surface area (Å²) in [7, 11) is 0. The highest BCUT2D eigenvalue weighted by atomic mass is 16.2. The first-order valence-corrected chi connectivity index (χ1v) is 7.65. The molecule has 122 valence electrons. The van der Waals surface area contributed by atoms with Crippen LogP contribution in [0.4, 0.5) is 5.69 Å². The SMILES string of the molecule is CCC(C)(C)NC(=O)c1ccc(NC(=O)C(C)C(C)N)cc1. The van der Waals surface area contributed by atoms with E-state index in [-0.39, 0.29) is 29.3 Å². The number of benzene rings is 1. The predicted molar refractivity (Wildman–Crippen MR) is 89.7 cm³/mol. The number of carbonyl (C=O) groups excluding carboxylic acids is 2. The number of hydrogen-bond donors (Lipinski definition) is 3. The van der Waals surface area contributed by atoms with E-state index in [1.165, 1.54) is 0 Å². The molecule has 0 aliphatic heterocycles. The Kier molecular flexibility index (Phi) is 6.11. The molecule has 1 aromatic carbocycles. The number of nitrogens with two attached hydrogens (primary N) is 1. The molecule has 5 heteroatoms. The molecule has 5 nitrogen and oxygen atoms in total. The highest BCUT2D eigenvalue weighted by Gasteiger charge is 2.19. The number of hydrogen-bond acceptors (Lipinski definition) is 3. The molecule has 0 heterocycles. The Morgan fingerprint density at radius 2 is 1.73 bits per heavy atom. The fraction of sp³-hybridized carbons (Fsp3) is 0.529. The predicted octanol–water partition coefficient (Wildman–Crippen LogP) is 2.53. The molecule has 2 atom stereocenters. The van der Waals surface area contributed by atoms with Crippen molar-refractivity contribution >= 4 is 17.5 Å². The third kappa shape index (κ3) is 5.15. The molecule has 0 aliphatic carbocycles. The molecule has 2 unspecified atom stereocenters. The topological polar surface area (TPSA) is 84.2 Å². The van der Waals surface area contributed by atoms with Gasteiger partial charge in [0.05, 0.1) is 5.92 Å². The first-order valence-electron chi connectivity index (χ1n) is 7.65. The summed E-state index contributed by atoms with van der Waals surface area (Å²) in [4.78, 5) is 24.1. The molecule has 0 saturated carbocycles. The van der Waals surface area contributed by atoms with E-state index in [0.717, 1.165) is 6.42 Å². The molecule has 4 N–H and O–H groups in total. The van der Waals surface area contributed by atoms with E-state index in [0.29, 0.717) is 11.3 Å². The maximum atomic E-state index is 12.1. The van der Waals surface area contributed by atoms with Gasteiger partial charge in [0.25, 0.3) is 5.91 Å². The van der Waals surface area contributed by atoms with Crippen LogP contribution in [-0.4, -0.2) is 23.4 Å². The quantitative estimate of drug-likeness (QED) is 0.755. The number of nitrogens with one attached hydrogen (secondary N) is 2. The first kappa shape index (κ1) is 18.2. The molecule has 0 radical (unpaired) electrons. The van der Waals surface area contributed by atoms with Crippen molar-refractivity contribution in [1.29, 1.82) is 0 Å². The van der Waals surface area contributed by atoms with Gasteiger partial charge < -0.3 is 16.4 Å². The average Bonchev–Trinajstić information content (AvgIpc) is 2.46. The average molecular weight is 305 g/mol. The van der Waals surface area contributed by atoms with Crippen LogP contribution in [-0.2, 0) is 4.79 Å². The van der Waals surface area contributed by atoms with E-state index in [1.807, 2.05) is 20.8 Å². The molecular weight excluding hydrogens is 278 g/mol. The lowest BCUT2D eigenvalue weighted by Gasteiger charge is -2.24. The van der Waals surface area contributed by atoms with Crippen molar-refractivity contribution in [3.8, 4) is 0 Å². The maximum Gasteiger partial charge on any atom is 0.251 e. The van der Waals surface area contributed by atoms with Gasteiger partial charge in [0.1, 0.15) is 0 Å². The van der Waals surface area contributed by atoms with Crippen molar-refractivity contribution < 1.29 is 9.59 Å². The zero-order valence-corrected chi connectivity index (χ0v) is 14.1. The van der Waals surface area contributed by atoms with E-state index >= 15 is 0 Å². The largest absolute Gasteiger partial charge is 0.347 e. The summed E-state index contributed by atoms with van der Waals surface area (Å²) in [6.07, 6.45) is 0.849. The van der Waals surface area contributed by atoms with Crippen molar-refractivity contribution in [2.75, 3.05) is 5.32 Å². The monoisotopic (exact) mass is 305 g/mol. The fourth-order valence-electron chi connectivity index (χ4n) is 1.67. The Hall–Kier alpha value is -1.88. The minimum absolute atomic E-state index is 0.117. The van der Waals surface area contributed by atoms with Gasteiger partial charge in [0, 0.05) is 22.8 Å². The van der Waals surface area contributed by atoms with E-state index in [1.54, 1.807) is 38.1 Å². The Labute approximate surface area is 132 Å². The van der Waals surface area contributed by atoms with Gasteiger partial charge in [-0.25, -0.2) is 0 Å². The maximum absolute atomic E-state index is 12.1. The third-order valence-corrected chi connectivity index (χ3v) is 3.95. The van der Waals surface area contributed by atoms with Crippen LogP contribution in [0.15, 0.2) is 24.3 Å². The Morgan fingerprint density at radius 1 is 1.18 bits per heavy atom. The highest BCUT2D eigenvalue weighted by molar-refractivity contribution is 5.96. The van der Waals surface area contributed by atoms with Crippen molar-refractivity contribution in [3.05, 3.63) is 29.8 Å². The fourth-order valence-corrected chi connectivity index (χ4v) is 1.67. The van der Waals surface area contributed by atoms with Gasteiger partial charge in [-0.05, 0) is 51.5 Å². The number of carbonyl (C=O) groups is 2. The smallest absolute Gasteiger partial charge is 0.251 e. The van der Waals surface area contributed by atoms with E-state index in [9.17, 15) is 9.59 Å². The zero-order valence-electron chi connectivity index (χ0n) is 14.1. The molecule has 0 spiro atoms. The van der Waals surface area contributed by atoms with E-state index in [4.69, 9.17) is 5.73 Å². The van der Waals surface area contributed by atoms with Crippen LogP contribution < -0.4 is 16.4 Å². The van der Waals surface area contributed by atoms with Crippen LogP contribution in [0.5, 0.6) is 0 Å². The summed E-state index contributed by atoms with van der Waals surface area (Å²) in [5, 5.41) is 5.77. The van der Waals surface area contributed by atoms with Crippen LogP contribution in [0, 0.1) is 5.92 Å². The summed E-state index contributed by atoms with van der Waals surface area (Å²) in [5.41, 5.74) is 6.70. The van der Waals surface area contributed by atoms with Crippen molar-refractivity contribution in [1.82, 2.24) is 5.32 Å². The second kappa shape index (κ2) is 7.40. The van der Waals surface area contributed by atoms with Crippen molar-refractivity contribution in [3.63, 3.8) is 0 Å². The minimum atomic E-state index is -0.270. The molecule has 0 fully saturated rings. The van der Waals surface area contributed by atoms with Crippen LogP contribution in [0.3, 0.4) is 0 Å². The first-order chi connectivity index (χ1) is 10.2. The molecule has 0 bridgehead atoms. The van der Waals surface area contributed by atoms with Crippen LogP contribution in [0.1, 0.15) is 51.4 Å². The van der Waals surface area contributed by atoms with E-state index < -0.39 is 0 Å². The van der Waals surface area contributed by atoms with Gasteiger partial charge in [0.15, 0.2) is 0 Å². The Morgan fingerprint density at radius 3 is 2.18 bits per heavy atom. The zero-order chi connectivity index (χ0) is 16.9. The lowest BCUT2D eigenvalue weighted by atomic mass is 10.0. The van der Waals surface area contributed by atoms with Crippen LogP contribution >= 0.6 is 0 Å². The van der Waals surface area contributed by atoms with E-state index in [2.05, 4.69) is 10.6 Å². The molecule has 0 aromatic heterocycles. The van der Waals surface area contributed by atoms with Gasteiger partial charge in [-0.1, -0.05) is 13.8 Å². The number of rotatable bonds is 6. The number of anilines is 1. The minimum Gasteiger partial charge on any atom is -0.347 e. The molecule has 2 amide bonds. The molecule has 1 aromatic rings. The van der Waals surface area contributed by atoms with Gasteiger partial charge in [-0.2, -0.15) is 0 Å². The second-order valence-electron chi connectivity index (χ2n) is 6.41. The standard InChI is InChI=1S/C17H27N3O2/c1-6-17(4,5)20-16(22)13-7-9-14(10-8-13)19-15(21)11(2)12(3)18/h7-12H,6,18H2,1-5H3,(H,19,21)(H,20,22). The van der Waals surface area contributed by atoms with Crippen LogP contribution in [0.2, 0.25) is 0 Å². The molecular formula is C17H27N3O2. The summed E-state index contributed by atoms with van der Waals surface area (Å²) in [5.74, 6) is -0.513. The van der Waals surface area contributed by atoms with Gasteiger partial charge in [0.2, 0.25) is 5.91 Å². The summed E-state index contributed by atoms with van der Waals surface area (Å²) >= 11 is 0. The van der Waals surface area contributed by atoms with Crippen molar-refractivity contribution in [2.45, 2.75) is 52.6 Å². The summed E-state index contributed by atoms with van der Waals surface area (Å²) < 4.78 is 0. The Balaban J connectivity index is 2.71. The second-order valence-corrected chi connectivity index (χ2v) is 6.41. The van der Waals surface area contributed by atoms with Gasteiger partial charge in [-0.3, -0.25) is 9.59 Å². The van der Waals surface area contributed by atoms with Gasteiger partial charge >= 0.3 is 0 Å². The molecule has 22 heavy (non-hydrogen) atoms. The Bertz CT molecular complexity index is 521.